The summed E-state index contributed by atoms with van der Waals surface area (Å²) >= 11 is 11.8. The number of benzene rings is 1. The molecule has 1 heterocycles. The molecule has 2 atom stereocenters. The van der Waals surface area contributed by atoms with E-state index >= 15 is 0 Å². The first-order valence-corrected chi connectivity index (χ1v) is 7.13. The van der Waals surface area contributed by atoms with E-state index in [9.17, 15) is 9.18 Å². The van der Waals surface area contributed by atoms with Crippen molar-refractivity contribution < 1.29 is 9.18 Å². The minimum Gasteiger partial charge on any atom is -0.337 e. The Morgan fingerprint density at radius 3 is 2.76 bits per heavy atom. The minimum atomic E-state index is -0.822. The van der Waals surface area contributed by atoms with Crippen LogP contribution in [0.2, 0.25) is 10.0 Å². The van der Waals surface area contributed by atoms with Gasteiger partial charge in [-0.1, -0.05) is 29.3 Å². The van der Waals surface area contributed by atoms with Gasteiger partial charge in [0, 0.05) is 35.7 Å². The van der Waals surface area contributed by atoms with Gasteiger partial charge in [-0.2, -0.15) is 0 Å². The lowest BCUT2D eigenvalue weighted by molar-refractivity contribution is 0.239. The topological polar surface area (TPSA) is 53.2 Å². The molecule has 8 heteroatoms. The molecule has 1 fully saturated rings. The summed E-state index contributed by atoms with van der Waals surface area (Å²) in [7, 11) is 0. The van der Waals surface area contributed by atoms with E-state index in [1.165, 1.54) is 0 Å². The van der Waals surface area contributed by atoms with Gasteiger partial charge in [-0.15, -0.1) is 12.4 Å². The summed E-state index contributed by atoms with van der Waals surface area (Å²) in [4.78, 5) is 11.6. The molecule has 0 saturated carbocycles. The van der Waals surface area contributed by atoms with Crippen molar-refractivity contribution in [1.82, 2.24) is 16.0 Å². The van der Waals surface area contributed by atoms with Crippen LogP contribution in [0.5, 0.6) is 0 Å². The number of carbonyl (C=O) groups is 1. The highest BCUT2D eigenvalue weighted by molar-refractivity contribution is 6.35. The first kappa shape index (κ1) is 18.3. The normalized spacial score (nSPS) is 20.7. The summed E-state index contributed by atoms with van der Waals surface area (Å²) in [6.45, 7) is 1.07. The molecular weight excluding hydrogens is 340 g/mol. The Morgan fingerprint density at radius 2 is 2.14 bits per heavy atom. The number of rotatable bonds is 4. The molecule has 0 unspecified atom stereocenters. The van der Waals surface area contributed by atoms with E-state index in [0.717, 1.165) is 5.56 Å². The van der Waals surface area contributed by atoms with Crippen LogP contribution >= 0.6 is 35.6 Å². The Balaban J connectivity index is 0.00000220. The number of carbonyl (C=O) groups excluding carboxylic acids is 1. The molecule has 0 bridgehead atoms. The number of urea groups is 1. The molecule has 2 rings (SSSR count). The van der Waals surface area contributed by atoms with Crippen molar-refractivity contribution in [2.45, 2.75) is 25.2 Å². The highest BCUT2D eigenvalue weighted by atomic mass is 35.5. The van der Waals surface area contributed by atoms with E-state index in [4.69, 9.17) is 23.2 Å². The van der Waals surface area contributed by atoms with E-state index in [1.807, 2.05) is 0 Å². The molecule has 1 aliphatic heterocycles. The van der Waals surface area contributed by atoms with Crippen molar-refractivity contribution in [1.29, 1.82) is 0 Å². The lowest BCUT2D eigenvalue weighted by Crippen LogP contribution is -2.42. The quantitative estimate of drug-likeness (QED) is 0.777. The molecule has 4 nitrogen and oxygen atoms in total. The molecular formula is C13H17Cl3FN3O. The van der Waals surface area contributed by atoms with Crippen molar-refractivity contribution in [2.24, 2.45) is 0 Å². The second-order valence-corrected chi connectivity index (χ2v) is 5.58. The third-order valence-corrected chi connectivity index (χ3v) is 3.72. The first-order valence-electron chi connectivity index (χ1n) is 6.37. The van der Waals surface area contributed by atoms with Crippen LogP contribution in [0.3, 0.4) is 0 Å². The van der Waals surface area contributed by atoms with Gasteiger partial charge in [0.15, 0.2) is 0 Å². The van der Waals surface area contributed by atoms with Crippen molar-refractivity contribution >= 4 is 41.6 Å². The average molecular weight is 357 g/mol. The molecule has 2 amide bonds. The zero-order valence-electron chi connectivity index (χ0n) is 11.2. The minimum absolute atomic E-state index is 0. The molecule has 118 valence electrons. The van der Waals surface area contributed by atoms with E-state index in [0.29, 0.717) is 36.1 Å². The zero-order valence-corrected chi connectivity index (χ0v) is 13.5. The lowest BCUT2D eigenvalue weighted by Gasteiger charge is -2.12. The van der Waals surface area contributed by atoms with Crippen LogP contribution in [0, 0.1) is 0 Å². The summed E-state index contributed by atoms with van der Waals surface area (Å²) in [6.07, 6.45) is -0.388. The molecule has 1 aromatic carbocycles. The smallest absolute Gasteiger partial charge is 0.315 e. The average Bonchev–Trinajstić information content (AvgIpc) is 2.81. The van der Waals surface area contributed by atoms with Crippen LogP contribution in [0.1, 0.15) is 12.0 Å². The van der Waals surface area contributed by atoms with Gasteiger partial charge in [-0.3, -0.25) is 0 Å². The molecule has 1 aromatic rings. The van der Waals surface area contributed by atoms with Crippen molar-refractivity contribution in [2.75, 3.05) is 13.1 Å². The molecule has 0 aliphatic carbocycles. The van der Waals surface area contributed by atoms with Gasteiger partial charge in [0.2, 0.25) is 0 Å². The number of halogens is 4. The number of nitrogens with one attached hydrogen (secondary N) is 3. The molecule has 0 spiro atoms. The van der Waals surface area contributed by atoms with Crippen LogP contribution in [-0.2, 0) is 6.54 Å². The predicted octanol–water partition coefficient (Wildman–Crippen LogP) is 2.91. The maximum atomic E-state index is 12.9. The monoisotopic (exact) mass is 355 g/mol. The Hall–Kier alpha value is -0.750. The zero-order chi connectivity index (χ0) is 14.5. The number of hydrogen-bond donors (Lipinski definition) is 3. The Bertz CT molecular complexity index is 490. The summed E-state index contributed by atoms with van der Waals surface area (Å²) in [5.41, 5.74) is 0.786. The third-order valence-electron chi connectivity index (χ3n) is 3.13. The summed E-state index contributed by atoms with van der Waals surface area (Å²) < 4.78 is 12.9. The largest absolute Gasteiger partial charge is 0.337 e. The molecule has 1 saturated heterocycles. The van der Waals surface area contributed by atoms with Gasteiger partial charge >= 0.3 is 6.03 Å². The molecule has 0 aromatic heterocycles. The van der Waals surface area contributed by atoms with E-state index in [2.05, 4.69) is 16.0 Å². The fraction of sp³-hybridized carbons (Fsp3) is 0.462. The fourth-order valence-corrected chi connectivity index (χ4v) is 2.52. The third kappa shape index (κ3) is 5.87. The molecule has 0 radical (unpaired) electrons. The van der Waals surface area contributed by atoms with Crippen molar-refractivity contribution in [3.63, 3.8) is 0 Å². The maximum absolute atomic E-state index is 12.9. The molecule has 3 N–H and O–H groups in total. The first-order chi connectivity index (χ1) is 9.54. The van der Waals surface area contributed by atoms with Gasteiger partial charge in [0.1, 0.15) is 6.17 Å². The Morgan fingerprint density at radius 1 is 1.38 bits per heavy atom. The number of hydrogen-bond acceptors (Lipinski definition) is 2. The van der Waals surface area contributed by atoms with Crippen LogP contribution in [0.4, 0.5) is 9.18 Å². The van der Waals surface area contributed by atoms with Crippen molar-refractivity contribution in [3.8, 4) is 0 Å². The molecule has 1 aliphatic rings. The Kier molecular flexibility index (Phi) is 7.52. The highest BCUT2D eigenvalue weighted by Gasteiger charge is 2.23. The molecule has 21 heavy (non-hydrogen) atoms. The van der Waals surface area contributed by atoms with E-state index in [-0.39, 0.29) is 24.5 Å². The maximum Gasteiger partial charge on any atom is 0.315 e. The summed E-state index contributed by atoms with van der Waals surface area (Å²) in [5, 5.41) is 9.45. The standard InChI is InChI=1S/C13H16Cl2FN3O.ClH/c14-9-2-1-8(12(15)3-9)5-18-13(20)19-7-11-4-10(16)6-17-11;/h1-3,10-11,17H,4-7H2,(H2,18,19,20);1H/t10-,11-;/m0./s1. The van der Waals surface area contributed by atoms with E-state index < -0.39 is 6.17 Å². The van der Waals surface area contributed by atoms with Gasteiger partial charge < -0.3 is 16.0 Å². The van der Waals surface area contributed by atoms with Gasteiger partial charge in [-0.25, -0.2) is 9.18 Å². The lowest BCUT2D eigenvalue weighted by atomic mass is 10.2. The van der Waals surface area contributed by atoms with Crippen molar-refractivity contribution in [3.05, 3.63) is 33.8 Å². The van der Waals surface area contributed by atoms with Crippen LogP contribution in [0.25, 0.3) is 0 Å². The fourth-order valence-electron chi connectivity index (χ4n) is 2.04. The second-order valence-electron chi connectivity index (χ2n) is 4.74. The van der Waals surface area contributed by atoms with Crippen LogP contribution in [0.15, 0.2) is 18.2 Å². The Labute approximate surface area is 139 Å². The second kappa shape index (κ2) is 8.63. The SMILES string of the molecule is Cl.O=C(NCc1ccc(Cl)cc1Cl)NC[C@@H]1C[C@H](F)CN1. The summed E-state index contributed by atoms with van der Waals surface area (Å²) in [5.74, 6) is 0. The predicted molar refractivity (Wildman–Crippen MR) is 85.3 cm³/mol. The van der Waals surface area contributed by atoms with E-state index in [1.54, 1.807) is 18.2 Å². The van der Waals surface area contributed by atoms with Gasteiger partial charge in [0.05, 0.1) is 0 Å². The van der Waals surface area contributed by atoms with Gasteiger partial charge in [0.25, 0.3) is 0 Å². The van der Waals surface area contributed by atoms with Crippen LogP contribution in [-0.4, -0.2) is 31.3 Å². The van der Waals surface area contributed by atoms with Crippen LogP contribution < -0.4 is 16.0 Å². The highest BCUT2D eigenvalue weighted by Crippen LogP contribution is 2.20. The summed E-state index contributed by atoms with van der Waals surface area (Å²) in [6, 6.07) is 4.79. The number of alkyl halides is 1. The van der Waals surface area contributed by atoms with Gasteiger partial charge in [-0.05, 0) is 24.1 Å². The number of amides is 2.